The van der Waals surface area contributed by atoms with Crippen molar-refractivity contribution in [3.05, 3.63) is 23.9 Å². The van der Waals surface area contributed by atoms with E-state index in [4.69, 9.17) is 0 Å². The van der Waals surface area contributed by atoms with E-state index in [0.29, 0.717) is 11.6 Å². The zero-order chi connectivity index (χ0) is 15.8. The van der Waals surface area contributed by atoms with Crippen molar-refractivity contribution in [2.75, 3.05) is 18.0 Å². The first-order valence-corrected chi connectivity index (χ1v) is 8.76. The maximum absolute atomic E-state index is 12.3. The average molecular weight is 303 g/mol. The minimum absolute atomic E-state index is 0.0171. The van der Waals surface area contributed by atoms with Crippen LogP contribution in [0.3, 0.4) is 0 Å². The van der Waals surface area contributed by atoms with Gasteiger partial charge in [-0.25, -0.2) is 4.98 Å². The third kappa shape index (κ3) is 4.72. The molecule has 1 amide bonds. The SMILES string of the molecule is CCCN(CCC)c1ccc(C(=O)NC2CCCCC2)cn1. The number of pyridine rings is 1. The molecule has 0 atom stereocenters. The van der Waals surface area contributed by atoms with Gasteiger partial charge in [-0.05, 0) is 37.8 Å². The second kappa shape index (κ2) is 8.76. The van der Waals surface area contributed by atoms with Crippen LogP contribution in [-0.2, 0) is 0 Å². The van der Waals surface area contributed by atoms with Crippen LogP contribution in [0.25, 0.3) is 0 Å². The molecule has 4 nitrogen and oxygen atoms in total. The lowest BCUT2D eigenvalue weighted by Crippen LogP contribution is -2.36. The molecule has 0 aliphatic heterocycles. The number of carbonyl (C=O) groups excluding carboxylic acids is 1. The smallest absolute Gasteiger partial charge is 0.253 e. The highest BCUT2D eigenvalue weighted by atomic mass is 16.1. The lowest BCUT2D eigenvalue weighted by molar-refractivity contribution is 0.0927. The number of aromatic nitrogens is 1. The first kappa shape index (κ1) is 16.8. The number of rotatable bonds is 7. The fourth-order valence-electron chi connectivity index (χ4n) is 3.10. The second-order valence-corrected chi connectivity index (χ2v) is 6.20. The van der Waals surface area contributed by atoms with Gasteiger partial charge in [0.15, 0.2) is 0 Å². The molecule has 0 unspecified atom stereocenters. The molecule has 0 spiro atoms. The zero-order valence-electron chi connectivity index (χ0n) is 14.0. The van der Waals surface area contributed by atoms with Gasteiger partial charge >= 0.3 is 0 Å². The van der Waals surface area contributed by atoms with Crippen molar-refractivity contribution in [2.45, 2.75) is 64.8 Å². The van der Waals surface area contributed by atoms with Gasteiger partial charge in [-0.2, -0.15) is 0 Å². The second-order valence-electron chi connectivity index (χ2n) is 6.20. The molecule has 122 valence electrons. The third-order valence-corrected chi connectivity index (χ3v) is 4.26. The third-order valence-electron chi connectivity index (χ3n) is 4.26. The molecule has 22 heavy (non-hydrogen) atoms. The summed E-state index contributed by atoms with van der Waals surface area (Å²) in [4.78, 5) is 19.1. The molecular formula is C18H29N3O. The molecule has 2 rings (SSSR count). The van der Waals surface area contributed by atoms with E-state index >= 15 is 0 Å². The normalized spacial score (nSPS) is 15.5. The van der Waals surface area contributed by atoms with E-state index < -0.39 is 0 Å². The predicted molar refractivity (Wildman–Crippen MR) is 91.4 cm³/mol. The molecule has 0 bridgehead atoms. The Hall–Kier alpha value is -1.58. The van der Waals surface area contributed by atoms with Crippen molar-refractivity contribution in [3.63, 3.8) is 0 Å². The van der Waals surface area contributed by atoms with Gasteiger partial charge in [0.2, 0.25) is 0 Å². The summed E-state index contributed by atoms with van der Waals surface area (Å²) in [6.07, 6.45) is 9.89. The van der Waals surface area contributed by atoms with Crippen LogP contribution in [0.4, 0.5) is 5.82 Å². The van der Waals surface area contributed by atoms with E-state index in [-0.39, 0.29) is 5.91 Å². The Morgan fingerprint density at radius 1 is 1.18 bits per heavy atom. The summed E-state index contributed by atoms with van der Waals surface area (Å²) in [7, 11) is 0. The molecule has 1 fully saturated rings. The van der Waals surface area contributed by atoms with Crippen LogP contribution < -0.4 is 10.2 Å². The van der Waals surface area contributed by atoms with Crippen molar-refractivity contribution in [2.24, 2.45) is 0 Å². The number of hydrogen-bond acceptors (Lipinski definition) is 3. The highest BCUT2D eigenvalue weighted by molar-refractivity contribution is 5.94. The highest BCUT2D eigenvalue weighted by Gasteiger charge is 2.17. The Bertz CT molecular complexity index is 446. The minimum atomic E-state index is 0.0171. The van der Waals surface area contributed by atoms with Crippen molar-refractivity contribution in [3.8, 4) is 0 Å². The number of hydrogen-bond donors (Lipinski definition) is 1. The van der Waals surface area contributed by atoms with Crippen LogP contribution in [0.5, 0.6) is 0 Å². The van der Waals surface area contributed by atoms with Gasteiger partial charge in [-0.15, -0.1) is 0 Å². The quantitative estimate of drug-likeness (QED) is 0.834. The molecule has 1 heterocycles. The van der Waals surface area contributed by atoms with Gasteiger partial charge in [0, 0.05) is 25.3 Å². The number of amides is 1. The minimum Gasteiger partial charge on any atom is -0.357 e. The van der Waals surface area contributed by atoms with Crippen LogP contribution in [0.1, 0.15) is 69.2 Å². The van der Waals surface area contributed by atoms with Crippen LogP contribution in [0.15, 0.2) is 18.3 Å². The van der Waals surface area contributed by atoms with Crippen molar-refractivity contribution in [1.82, 2.24) is 10.3 Å². The molecule has 1 saturated carbocycles. The summed E-state index contributed by atoms with van der Waals surface area (Å²) in [5.41, 5.74) is 0.669. The Balaban J connectivity index is 1.96. The van der Waals surface area contributed by atoms with Crippen molar-refractivity contribution in [1.29, 1.82) is 0 Å². The van der Waals surface area contributed by atoms with Crippen LogP contribution >= 0.6 is 0 Å². The molecule has 1 aromatic rings. The Labute approximate surface area is 134 Å². The standard InChI is InChI=1S/C18H29N3O/c1-3-12-21(13-4-2)17-11-10-15(14-19-17)18(22)20-16-8-6-5-7-9-16/h10-11,14,16H,3-9,12-13H2,1-2H3,(H,20,22). The summed E-state index contributed by atoms with van der Waals surface area (Å²) in [6, 6.07) is 4.22. The molecule has 1 aromatic heterocycles. The van der Waals surface area contributed by atoms with E-state index in [9.17, 15) is 4.79 Å². The average Bonchev–Trinajstić information content (AvgIpc) is 2.56. The predicted octanol–water partition coefficient (Wildman–Crippen LogP) is 3.77. The Morgan fingerprint density at radius 2 is 1.86 bits per heavy atom. The zero-order valence-corrected chi connectivity index (χ0v) is 14.0. The largest absolute Gasteiger partial charge is 0.357 e. The maximum atomic E-state index is 12.3. The molecule has 1 aliphatic carbocycles. The van der Waals surface area contributed by atoms with Gasteiger partial charge in [-0.1, -0.05) is 33.1 Å². The first-order chi connectivity index (χ1) is 10.7. The number of nitrogens with zero attached hydrogens (tertiary/aromatic N) is 2. The lowest BCUT2D eigenvalue weighted by atomic mass is 9.95. The van der Waals surface area contributed by atoms with E-state index in [2.05, 4.69) is 29.0 Å². The van der Waals surface area contributed by atoms with Gasteiger partial charge in [0.05, 0.1) is 5.56 Å². The van der Waals surface area contributed by atoms with Crippen LogP contribution in [0, 0.1) is 0 Å². The first-order valence-electron chi connectivity index (χ1n) is 8.76. The van der Waals surface area contributed by atoms with Gasteiger partial charge in [0.1, 0.15) is 5.82 Å². The monoisotopic (exact) mass is 303 g/mol. The molecule has 1 N–H and O–H groups in total. The number of anilines is 1. The Kier molecular flexibility index (Phi) is 6.69. The summed E-state index contributed by atoms with van der Waals surface area (Å²) in [5, 5.41) is 3.14. The summed E-state index contributed by atoms with van der Waals surface area (Å²) >= 11 is 0. The summed E-state index contributed by atoms with van der Waals surface area (Å²) in [6.45, 7) is 6.37. The van der Waals surface area contributed by atoms with Crippen LogP contribution in [0.2, 0.25) is 0 Å². The maximum Gasteiger partial charge on any atom is 0.253 e. The van der Waals surface area contributed by atoms with Crippen molar-refractivity contribution < 1.29 is 4.79 Å². The van der Waals surface area contributed by atoms with Gasteiger partial charge in [-0.3, -0.25) is 4.79 Å². The number of carbonyl (C=O) groups is 1. The van der Waals surface area contributed by atoms with Gasteiger partial charge in [0.25, 0.3) is 5.91 Å². The molecule has 1 aliphatic rings. The molecule has 4 heteroatoms. The molecular weight excluding hydrogens is 274 g/mol. The molecule has 0 saturated heterocycles. The Morgan fingerprint density at radius 3 is 2.41 bits per heavy atom. The van der Waals surface area contributed by atoms with E-state index in [1.807, 2.05) is 12.1 Å². The number of nitrogens with one attached hydrogen (secondary N) is 1. The fourth-order valence-corrected chi connectivity index (χ4v) is 3.10. The van der Waals surface area contributed by atoms with E-state index in [1.54, 1.807) is 6.20 Å². The van der Waals surface area contributed by atoms with Crippen molar-refractivity contribution >= 4 is 11.7 Å². The highest BCUT2D eigenvalue weighted by Crippen LogP contribution is 2.18. The summed E-state index contributed by atoms with van der Waals surface area (Å²) in [5.74, 6) is 0.987. The van der Waals surface area contributed by atoms with Gasteiger partial charge < -0.3 is 10.2 Å². The lowest BCUT2D eigenvalue weighted by Gasteiger charge is -2.24. The fraction of sp³-hybridized carbons (Fsp3) is 0.667. The van der Waals surface area contributed by atoms with E-state index in [0.717, 1.165) is 44.6 Å². The van der Waals surface area contributed by atoms with Crippen LogP contribution in [-0.4, -0.2) is 30.0 Å². The van der Waals surface area contributed by atoms with E-state index in [1.165, 1.54) is 19.3 Å². The molecule has 0 radical (unpaired) electrons. The topological polar surface area (TPSA) is 45.2 Å². The molecule has 0 aromatic carbocycles. The summed E-state index contributed by atoms with van der Waals surface area (Å²) < 4.78 is 0.